The molecule has 0 bridgehead atoms. The lowest BCUT2D eigenvalue weighted by molar-refractivity contribution is 0.606. The van der Waals surface area contributed by atoms with Crippen LogP contribution in [-0.2, 0) is 20.1 Å². The normalized spacial score (nSPS) is 11.0. The van der Waals surface area contributed by atoms with E-state index >= 15 is 0 Å². The topological polar surface area (TPSA) is 61.7 Å². The van der Waals surface area contributed by atoms with Gasteiger partial charge in [-0.1, -0.05) is 0 Å². The maximum absolute atomic E-state index is 5.62. The summed E-state index contributed by atoms with van der Waals surface area (Å²) in [5.41, 5.74) is 10.0. The van der Waals surface area contributed by atoms with Gasteiger partial charge in [0.25, 0.3) is 0 Å². The fourth-order valence-electron chi connectivity index (χ4n) is 1.81. The minimum absolute atomic E-state index is 0.538. The molecule has 5 heteroatoms. The van der Waals surface area contributed by atoms with Crippen LogP contribution in [0.25, 0.3) is 0 Å². The molecule has 2 rings (SSSR count). The zero-order valence-corrected chi connectivity index (χ0v) is 9.94. The molecule has 2 heterocycles. The van der Waals surface area contributed by atoms with Gasteiger partial charge in [-0.2, -0.15) is 10.2 Å². The van der Waals surface area contributed by atoms with Crippen LogP contribution in [0, 0.1) is 13.8 Å². The van der Waals surface area contributed by atoms with Crippen LogP contribution in [0.15, 0.2) is 12.3 Å². The summed E-state index contributed by atoms with van der Waals surface area (Å²) in [6.07, 6.45) is 1.83. The summed E-state index contributed by atoms with van der Waals surface area (Å²) in [5, 5.41) is 8.64. The van der Waals surface area contributed by atoms with Gasteiger partial charge in [-0.3, -0.25) is 9.36 Å². The molecule has 0 radical (unpaired) electrons. The molecule has 2 N–H and O–H groups in total. The molecule has 0 atom stereocenters. The molecule has 0 aliphatic carbocycles. The monoisotopic (exact) mass is 219 g/mol. The highest BCUT2D eigenvalue weighted by Crippen LogP contribution is 2.10. The van der Waals surface area contributed by atoms with Crippen molar-refractivity contribution in [2.45, 2.75) is 26.9 Å². The summed E-state index contributed by atoms with van der Waals surface area (Å²) in [7, 11) is 1.95. The number of nitrogens with zero attached hydrogens (tertiary/aromatic N) is 4. The van der Waals surface area contributed by atoms with Crippen LogP contribution >= 0.6 is 0 Å². The van der Waals surface area contributed by atoms with E-state index in [9.17, 15) is 0 Å². The van der Waals surface area contributed by atoms with E-state index in [2.05, 4.69) is 16.3 Å². The van der Waals surface area contributed by atoms with E-state index in [4.69, 9.17) is 5.73 Å². The van der Waals surface area contributed by atoms with Crippen molar-refractivity contribution in [2.24, 2.45) is 12.8 Å². The van der Waals surface area contributed by atoms with Crippen LogP contribution in [0.3, 0.4) is 0 Å². The highest BCUT2D eigenvalue weighted by atomic mass is 15.3. The molecule has 16 heavy (non-hydrogen) atoms. The Bertz CT molecular complexity index is 494. The van der Waals surface area contributed by atoms with Crippen molar-refractivity contribution in [3.8, 4) is 0 Å². The summed E-state index contributed by atoms with van der Waals surface area (Å²) in [6.45, 7) is 5.31. The number of rotatable bonds is 3. The quantitative estimate of drug-likeness (QED) is 0.828. The van der Waals surface area contributed by atoms with Crippen molar-refractivity contribution in [3.05, 3.63) is 34.9 Å². The third kappa shape index (κ3) is 1.86. The summed E-state index contributed by atoms with van der Waals surface area (Å²) in [6, 6.07) is 2.07. The van der Waals surface area contributed by atoms with E-state index in [1.165, 1.54) is 0 Å². The molecular weight excluding hydrogens is 202 g/mol. The minimum Gasteiger partial charge on any atom is -0.326 e. The summed E-state index contributed by atoms with van der Waals surface area (Å²) in [5.74, 6) is 0. The Labute approximate surface area is 94.9 Å². The maximum atomic E-state index is 5.62. The molecule has 0 saturated heterocycles. The van der Waals surface area contributed by atoms with Crippen molar-refractivity contribution in [1.82, 2.24) is 19.6 Å². The highest BCUT2D eigenvalue weighted by molar-refractivity contribution is 5.17. The minimum atomic E-state index is 0.538. The molecule has 0 fully saturated rings. The van der Waals surface area contributed by atoms with Crippen molar-refractivity contribution in [2.75, 3.05) is 0 Å². The third-order valence-electron chi connectivity index (χ3n) is 2.84. The van der Waals surface area contributed by atoms with E-state index in [1.807, 2.05) is 36.5 Å². The predicted molar refractivity (Wildman–Crippen MR) is 61.9 cm³/mol. The largest absolute Gasteiger partial charge is 0.326 e. The molecule has 86 valence electrons. The Hall–Kier alpha value is -1.62. The number of nitrogens with two attached hydrogens (primary N) is 1. The number of aromatic nitrogens is 4. The molecule has 5 nitrogen and oxygen atoms in total. The first-order valence-corrected chi connectivity index (χ1v) is 5.32. The Morgan fingerprint density at radius 2 is 2.12 bits per heavy atom. The van der Waals surface area contributed by atoms with Gasteiger partial charge in [0.05, 0.1) is 24.1 Å². The van der Waals surface area contributed by atoms with Crippen LogP contribution < -0.4 is 5.73 Å². The standard InChI is InChI=1S/C11H17N5/c1-8-4-11(15(3)14-8)7-16-9(2)10(5-12)6-13-16/h4,6H,5,7,12H2,1-3H3. The van der Waals surface area contributed by atoms with Crippen LogP contribution in [0.5, 0.6) is 0 Å². The van der Waals surface area contributed by atoms with Crippen molar-refractivity contribution in [1.29, 1.82) is 0 Å². The Balaban J connectivity index is 2.27. The molecule has 0 amide bonds. The maximum Gasteiger partial charge on any atom is 0.0831 e. The van der Waals surface area contributed by atoms with E-state index in [0.717, 1.165) is 29.2 Å². The molecule has 2 aromatic heterocycles. The molecule has 0 aliphatic rings. The van der Waals surface area contributed by atoms with Crippen molar-refractivity contribution in [3.63, 3.8) is 0 Å². The molecule has 0 saturated carbocycles. The van der Waals surface area contributed by atoms with Gasteiger partial charge in [-0.15, -0.1) is 0 Å². The number of hydrogen-bond acceptors (Lipinski definition) is 3. The highest BCUT2D eigenvalue weighted by Gasteiger charge is 2.08. The predicted octanol–water partition coefficient (Wildman–Crippen LogP) is 0.740. The Morgan fingerprint density at radius 1 is 1.38 bits per heavy atom. The third-order valence-corrected chi connectivity index (χ3v) is 2.84. The second-order valence-electron chi connectivity index (χ2n) is 4.02. The zero-order chi connectivity index (χ0) is 11.7. The lowest BCUT2D eigenvalue weighted by atomic mass is 10.2. The van der Waals surface area contributed by atoms with Gasteiger partial charge in [0.1, 0.15) is 0 Å². The van der Waals surface area contributed by atoms with Gasteiger partial charge in [-0.25, -0.2) is 0 Å². The average molecular weight is 219 g/mol. The lowest BCUT2D eigenvalue weighted by Crippen LogP contribution is -2.09. The van der Waals surface area contributed by atoms with Crippen LogP contribution in [-0.4, -0.2) is 19.6 Å². The first-order chi connectivity index (χ1) is 7.61. The second-order valence-corrected chi connectivity index (χ2v) is 4.02. The molecule has 2 aromatic rings. The zero-order valence-electron chi connectivity index (χ0n) is 9.94. The lowest BCUT2D eigenvalue weighted by Gasteiger charge is -2.05. The smallest absolute Gasteiger partial charge is 0.0831 e. The summed E-state index contributed by atoms with van der Waals surface area (Å²) in [4.78, 5) is 0. The van der Waals surface area contributed by atoms with Crippen LogP contribution in [0.2, 0.25) is 0 Å². The van der Waals surface area contributed by atoms with Gasteiger partial charge in [-0.05, 0) is 19.9 Å². The van der Waals surface area contributed by atoms with Crippen LogP contribution in [0.4, 0.5) is 0 Å². The Kier molecular flexibility index (Phi) is 2.78. The molecular formula is C11H17N5. The second kappa shape index (κ2) is 4.09. The SMILES string of the molecule is Cc1cc(Cn2ncc(CN)c2C)n(C)n1. The van der Waals surface area contributed by atoms with Crippen molar-refractivity contribution < 1.29 is 0 Å². The Morgan fingerprint density at radius 3 is 2.62 bits per heavy atom. The fraction of sp³-hybridized carbons (Fsp3) is 0.455. The molecule has 0 unspecified atom stereocenters. The molecule has 0 aliphatic heterocycles. The molecule has 0 aromatic carbocycles. The average Bonchev–Trinajstić information content (AvgIpc) is 2.73. The van der Waals surface area contributed by atoms with E-state index < -0.39 is 0 Å². The molecule has 0 spiro atoms. The van der Waals surface area contributed by atoms with Gasteiger partial charge in [0, 0.05) is 24.8 Å². The van der Waals surface area contributed by atoms with Crippen molar-refractivity contribution >= 4 is 0 Å². The van der Waals surface area contributed by atoms with Crippen LogP contribution in [0.1, 0.15) is 22.6 Å². The first kappa shape index (κ1) is 10.9. The number of hydrogen-bond donors (Lipinski definition) is 1. The first-order valence-electron chi connectivity index (χ1n) is 5.32. The summed E-state index contributed by atoms with van der Waals surface area (Å²) >= 11 is 0. The summed E-state index contributed by atoms with van der Waals surface area (Å²) < 4.78 is 3.84. The van der Waals surface area contributed by atoms with E-state index in [1.54, 1.807) is 0 Å². The van der Waals surface area contributed by atoms with E-state index in [-0.39, 0.29) is 0 Å². The number of aryl methyl sites for hydroxylation is 2. The van der Waals surface area contributed by atoms with Gasteiger partial charge < -0.3 is 5.73 Å². The van der Waals surface area contributed by atoms with Gasteiger partial charge in [0.2, 0.25) is 0 Å². The van der Waals surface area contributed by atoms with Gasteiger partial charge in [0.15, 0.2) is 0 Å². The van der Waals surface area contributed by atoms with E-state index in [0.29, 0.717) is 6.54 Å². The fourth-order valence-corrected chi connectivity index (χ4v) is 1.81. The van der Waals surface area contributed by atoms with Gasteiger partial charge >= 0.3 is 0 Å².